The molecule has 6 nitrogen and oxygen atoms in total. The minimum Gasteiger partial charge on any atom is -0.373 e. The van der Waals surface area contributed by atoms with E-state index in [0.717, 1.165) is 0 Å². The second kappa shape index (κ2) is 7.35. The Morgan fingerprint density at radius 1 is 1.35 bits per heavy atom. The maximum absolute atomic E-state index is 11.7. The molecule has 0 aliphatic carbocycles. The average Bonchev–Trinajstić information content (AvgIpc) is 2.34. The lowest BCUT2D eigenvalue weighted by atomic mass is 10.1. The number of ketones is 1. The average molecular weight is 262 g/mol. The highest BCUT2D eigenvalue weighted by Crippen LogP contribution is 2.14. The number of carbonyl (C=O) groups excluding carboxylic acids is 3. The molecule has 3 N–H and O–H groups in total. The second-order valence-electron chi connectivity index (χ2n) is 3.80. The van der Waals surface area contributed by atoms with Crippen LogP contribution in [0.25, 0.3) is 0 Å². The maximum atomic E-state index is 11.7. The van der Waals surface area contributed by atoms with E-state index in [1.807, 2.05) is 0 Å². The lowest BCUT2D eigenvalue weighted by Crippen LogP contribution is -2.44. The quantitative estimate of drug-likeness (QED) is 0.509. The lowest BCUT2D eigenvalue weighted by molar-refractivity contribution is -0.146. The Balaban J connectivity index is 4.41. The molecule has 0 rings (SSSR count). The van der Waals surface area contributed by atoms with Crippen molar-refractivity contribution >= 4 is 26.9 Å². The van der Waals surface area contributed by atoms with Crippen molar-refractivity contribution in [3.63, 3.8) is 0 Å². The number of amides is 1. The third-order valence-corrected chi connectivity index (χ3v) is 3.38. The van der Waals surface area contributed by atoms with Gasteiger partial charge >= 0.3 is 5.97 Å². The molecule has 0 fully saturated rings. The summed E-state index contributed by atoms with van der Waals surface area (Å²) in [7, 11) is 2.20. The normalized spacial score (nSPS) is 15.6. The monoisotopic (exact) mass is 262 g/mol. The number of nitrogens with one attached hydrogen (secondary N) is 1. The fraction of sp³-hybridized carbons (Fsp3) is 0.700. The summed E-state index contributed by atoms with van der Waals surface area (Å²) in [5, 5.41) is 2.54. The molecule has 17 heavy (non-hydrogen) atoms. The fourth-order valence-corrected chi connectivity index (χ4v) is 1.43. The molecule has 4 atom stereocenters. The molecule has 0 aromatic rings. The topological polar surface area (TPSA) is 98.5 Å². The summed E-state index contributed by atoms with van der Waals surface area (Å²) in [5.74, 6) is 2.96. The Hall–Kier alpha value is -1.00. The molecule has 7 heteroatoms. The van der Waals surface area contributed by atoms with Gasteiger partial charge in [-0.15, -0.1) is 9.24 Å². The molecule has 1 unspecified atom stereocenters. The van der Waals surface area contributed by atoms with Crippen LogP contribution < -0.4 is 11.2 Å². The Bertz CT molecular complexity index is 309. The van der Waals surface area contributed by atoms with Gasteiger partial charge in [0.15, 0.2) is 5.78 Å². The van der Waals surface area contributed by atoms with E-state index in [4.69, 9.17) is 5.90 Å². The van der Waals surface area contributed by atoms with Gasteiger partial charge in [-0.25, -0.2) is 4.79 Å². The molecular formula is C10H19N2O4P. The molecule has 0 radical (unpaired) electrons. The van der Waals surface area contributed by atoms with E-state index in [0.29, 0.717) is 6.42 Å². The van der Waals surface area contributed by atoms with Gasteiger partial charge in [0.1, 0.15) is 0 Å². The van der Waals surface area contributed by atoms with Crippen molar-refractivity contribution in [1.29, 1.82) is 0 Å². The van der Waals surface area contributed by atoms with Crippen LogP contribution in [-0.2, 0) is 19.2 Å². The third kappa shape index (κ3) is 4.79. The molecule has 0 saturated carbocycles. The van der Waals surface area contributed by atoms with E-state index in [9.17, 15) is 14.4 Å². The molecule has 0 aliphatic rings. The highest BCUT2D eigenvalue weighted by atomic mass is 31.0. The van der Waals surface area contributed by atoms with E-state index in [2.05, 4.69) is 19.4 Å². The van der Waals surface area contributed by atoms with E-state index in [1.165, 1.54) is 0 Å². The number of carbonyl (C=O) groups is 3. The van der Waals surface area contributed by atoms with Gasteiger partial charge in [0, 0.05) is 6.42 Å². The molecule has 1 amide bonds. The number of nitrogens with two attached hydrogens (primary N) is 1. The van der Waals surface area contributed by atoms with Crippen molar-refractivity contribution in [1.82, 2.24) is 5.32 Å². The van der Waals surface area contributed by atoms with Gasteiger partial charge in [0.2, 0.25) is 5.91 Å². The molecule has 0 saturated heterocycles. The molecule has 0 aromatic carbocycles. The molecular weight excluding hydrogens is 243 g/mol. The van der Waals surface area contributed by atoms with Crippen molar-refractivity contribution in [2.24, 2.45) is 11.8 Å². The predicted octanol–water partition coefficient (Wildman–Crippen LogP) is -0.233. The summed E-state index contributed by atoms with van der Waals surface area (Å²) in [6, 6.07) is -0.555. The molecule has 0 aromatic heterocycles. The summed E-state index contributed by atoms with van der Waals surface area (Å²) < 4.78 is 0. The minimum absolute atomic E-state index is 0.0627. The van der Waals surface area contributed by atoms with E-state index < -0.39 is 23.6 Å². The summed E-state index contributed by atoms with van der Waals surface area (Å²) >= 11 is 0. The largest absolute Gasteiger partial charge is 0.373 e. The van der Waals surface area contributed by atoms with Gasteiger partial charge in [-0.1, -0.05) is 13.8 Å². The van der Waals surface area contributed by atoms with Crippen LogP contribution in [-0.4, -0.2) is 29.4 Å². The van der Waals surface area contributed by atoms with Crippen molar-refractivity contribution in [2.45, 2.75) is 38.9 Å². The van der Waals surface area contributed by atoms with Crippen LogP contribution in [0.2, 0.25) is 0 Å². The Morgan fingerprint density at radius 3 is 2.29 bits per heavy atom. The van der Waals surface area contributed by atoms with Gasteiger partial charge in [0.25, 0.3) is 0 Å². The first-order chi connectivity index (χ1) is 7.84. The predicted molar refractivity (Wildman–Crippen MR) is 65.8 cm³/mol. The maximum Gasteiger partial charge on any atom is 0.332 e. The molecule has 0 heterocycles. The zero-order valence-electron chi connectivity index (χ0n) is 10.2. The van der Waals surface area contributed by atoms with Gasteiger partial charge in [-0.3, -0.25) is 9.59 Å². The zero-order valence-corrected chi connectivity index (χ0v) is 11.4. The van der Waals surface area contributed by atoms with Crippen LogP contribution in [0.4, 0.5) is 0 Å². The van der Waals surface area contributed by atoms with Crippen LogP contribution in [0.5, 0.6) is 0 Å². The number of hydrogen-bond donors (Lipinski definition) is 2. The first kappa shape index (κ1) is 16.0. The summed E-state index contributed by atoms with van der Waals surface area (Å²) in [5.41, 5.74) is -0.732. The smallest absolute Gasteiger partial charge is 0.332 e. The standard InChI is InChI=1S/C10H19N2O4P/c1-4-7(13)6(3)12-9(14)5(2)8(17)10(15)16-11/h5-6,8H,4,11,17H2,1-3H3,(H,12,14)/t5-,6+,8+/m1/s1. The van der Waals surface area contributed by atoms with Crippen LogP contribution in [0.1, 0.15) is 27.2 Å². The number of hydrogen-bond acceptors (Lipinski definition) is 5. The van der Waals surface area contributed by atoms with Crippen molar-refractivity contribution in [3.8, 4) is 0 Å². The van der Waals surface area contributed by atoms with Crippen LogP contribution in [0, 0.1) is 5.92 Å². The SMILES string of the molecule is CCC(=O)[C@H](C)NC(=O)[C@H](C)[C@H](P)C(=O)ON. The Labute approximate surface area is 103 Å². The third-order valence-electron chi connectivity index (χ3n) is 2.53. The van der Waals surface area contributed by atoms with Crippen molar-refractivity contribution in [3.05, 3.63) is 0 Å². The first-order valence-electron chi connectivity index (χ1n) is 5.34. The summed E-state index contributed by atoms with van der Waals surface area (Å²) in [6.45, 7) is 4.89. The molecule has 98 valence electrons. The fourth-order valence-electron chi connectivity index (χ4n) is 1.18. The van der Waals surface area contributed by atoms with Gasteiger partial charge in [0.05, 0.1) is 17.6 Å². The summed E-state index contributed by atoms with van der Waals surface area (Å²) in [4.78, 5) is 38.2. The van der Waals surface area contributed by atoms with E-state index >= 15 is 0 Å². The zero-order chi connectivity index (χ0) is 13.6. The molecule has 0 bridgehead atoms. The highest BCUT2D eigenvalue weighted by Gasteiger charge is 2.28. The van der Waals surface area contributed by atoms with Crippen LogP contribution in [0.3, 0.4) is 0 Å². The van der Waals surface area contributed by atoms with E-state index in [1.54, 1.807) is 20.8 Å². The van der Waals surface area contributed by atoms with Gasteiger partial charge in [-0.2, -0.15) is 5.90 Å². The Kier molecular flexibility index (Phi) is 6.92. The van der Waals surface area contributed by atoms with Crippen LogP contribution >= 0.6 is 9.24 Å². The second-order valence-corrected chi connectivity index (χ2v) is 4.52. The van der Waals surface area contributed by atoms with Crippen LogP contribution in [0.15, 0.2) is 0 Å². The van der Waals surface area contributed by atoms with Crippen molar-refractivity contribution in [2.75, 3.05) is 0 Å². The lowest BCUT2D eigenvalue weighted by Gasteiger charge is -2.19. The van der Waals surface area contributed by atoms with Gasteiger partial charge < -0.3 is 10.2 Å². The Morgan fingerprint density at radius 2 is 1.88 bits per heavy atom. The molecule has 0 aliphatic heterocycles. The highest BCUT2D eigenvalue weighted by molar-refractivity contribution is 7.19. The minimum atomic E-state index is -0.732. The number of Topliss-reactive ketones (excluding diaryl/α,β-unsaturated/α-hetero) is 1. The first-order valence-corrected chi connectivity index (χ1v) is 6.01. The van der Waals surface area contributed by atoms with Gasteiger partial charge in [-0.05, 0) is 6.92 Å². The van der Waals surface area contributed by atoms with E-state index in [-0.39, 0.29) is 11.7 Å². The molecule has 0 spiro atoms. The van der Waals surface area contributed by atoms with Crippen molar-refractivity contribution < 1.29 is 19.2 Å². The number of rotatable bonds is 6. The summed E-state index contributed by atoms with van der Waals surface area (Å²) in [6.07, 6.45) is 0.352.